The van der Waals surface area contributed by atoms with Gasteiger partial charge < -0.3 is 0 Å². The lowest BCUT2D eigenvalue weighted by molar-refractivity contribution is 0.734. The molecule has 1 aromatic carbocycles. The van der Waals surface area contributed by atoms with Gasteiger partial charge in [-0.25, -0.2) is 0 Å². The first-order valence-electron chi connectivity index (χ1n) is 9.35. The van der Waals surface area contributed by atoms with E-state index in [1.54, 1.807) is 0 Å². The standard InChI is InChI=1S/C26H26/c1-5-8-17-22-23-18-13-14-19-25(23)26(20(4)6-2,24(22)7-3)21-15-11-9-10-12-16-21/h6-11,14-17,19H,3,5,12H2,1-2,4H3/b17-8+,20-6+. The Kier molecular flexibility index (Phi) is 5.29. The van der Waals surface area contributed by atoms with Gasteiger partial charge in [0.05, 0.1) is 5.41 Å². The largest absolute Gasteiger partial charge is 0.0987 e. The van der Waals surface area contributed by atoms with Crippen molar-refractivity contribution in [2.75, 3.05) is 0 Å². The molecule has 0 aliphatic heterocycles. The van der Waals surface area contributed by atoms with Gasteiger partial charge in [-0.1, -0.05) is 85.9 Å². The summed E-state index contributed by atoms with van der Waals surface area (Å²) in [6.45, 7) is 10.7. The van der Waals surface area contributed by atoms with Crippen molar-refractivity contribution in [2.24, 2.45) is 0 Å². The Balaban J connectivity index is 2.42. The number of fused-ring (bicyclic) bond motifs is 1. The summed E-state index contributed by atoms with van der Waals surface area (Å²) in [7, 11) is 0. The number of hydrogen-bond acceptors (Lipinski definition) is 0. The molecule has 0 aromatic heterocycles. The van der Waals surface area contributed by atoms with E-state index < -0.39 is 0 Å². The van der Waals surface area contributed by atoms with Crippen LogP contribution in [0.1, 0.15) is 44.7 Å². The molecule has 2 aliphatic carbocycles. The van der Waals surface area contributed by atoms with Crippen molar-refractivity contribution in [2.45, 2.75) is 39.0 Å². The smallest absolute Gasteiger partial charge is 0.0674 e. The molecule has 0 amide bonds. The van der Waals surface area contributed by atoms with Crippen LogP contribution in [-0.4, -0.2) is 0 Å². The highest BCUT2D eigenvalue weighted by atomic mass is 14.5. The molecule has 0 spiro atoms. The summed E-state index contributed by atoms with van der Waals surface area (Å²) >= 11 is 0. The summed E-state index contributed by atoms with van der Waals surface area (Å²) in [6, 6.07) is 10.7. The van der Waals surface area contributed by atoms with Gasteiger partial charge in [0.25, 0.3) is 0 Å². The maximum atomic E-state index is 4.20. The topological polar surface area (TPSA) is 0 Å². The number of hydrogen-bond donors (Lipinski definition) is 0. The fourth-order valence-corrected chi connectivity index (χ4v) is 4.11. The van der Waals surface area contributed by atoms with Gasteiger partial charge in [0, 0.05) is 5.56 Å². The van der Waals surface area contributed by atoms with E-state index in [9.17, 15) is 0 Å². The van der Waals surface area contributed by atoms with E-state index in [4.69, 9.17) is 0 Å². The van der Waals surface area contributed by atoms with Crippen LogP contribution < -0.4 is 0 Å². The lowest BCUT2D eigenvalue weighted by atomic mass is 9.66. The molecule has 130 valence electrons. The molecule has 0 fully saturated rings. The Bertz CT molecular complexity index is 880. The van der Waals surface area contributed by atoms with E-state index in [-0.39, 0.29) is 5.41 Å². The Morgan fingerprint density at radius 2 is 2.19 bits per heavy atom. The van der Waals surface area contributed by atoms with Crippen LogP contribution in [0.4, 0.5) is 0 Å². The van der Waals surface area contributed by atoms with E-state index in [1.807, 2.05) is 12.1 Å². The monoisotopic (exact) mass is 338 g/mol. The predicted molar refractivity (Wildman–Crippen MR) is 113 cm³/mol. The van der Waals surface area contributed by atoms with Crippen molar-refractivity contribution in [3.63, 3.8) is 0 Å². The molecule has 26 heavy (non-hydrogen) atoms. The molecular formula is C26H26. The van der Waals surface area contributed by atoms with Gasteiger partial charge in [0.1, 0.15) is 0 Å². The van der Waals surface area contributed by atoms with Gasteiger partial charge in [-0.3, -0.25) is 0 Å². The fraction of sp³-hybridized carbons (Fsp3) is 0.231. The van der Waals surface area contributed by atoms with Crippen LogP contribution in [0, 0.1) is 12.1 Å². The summed E-state index contributed by atoms with van der Waals surface area (Å²) in [6.07, 6.45) is 21.7. The molecule has 0 heteroatoms. The second-order valence-corrected chi connectivity index (χ2v) is 6.64. The molecule has 1 unspecified atom stereocenters. The minimum Gasteiger partial charge on any atom is -0.0987 e. The third kappa shape index (κ3) is 2.65. The average molecular weight is 338 g/mol. The lowest BCUT2D eigenvalue weighted by Crippen LogP contribution is -2.29. The van der Waals surface area contributed by atoms with Crippen LogP contribution in [0.2, 0.25) is 0 Å². The van der Waals surface area contributed by atoms with Gasteiger partial charge in [0.2, 0.25) is 0 Å². The summed E-state index contributed by atoms with van der Waals surface area (Å²) in [5.41, 5.74) is 7.16. The highest BCUT2D eigenvalue weighted by Gasteiger charge is 2.46. The molecule has 0 bridgehead atoms. The Morgan fingerprint density at radius 1 is 1.35 bits per heavy atom. The first-order chi connectivity index (χ1) is 12.7. The molecule has 0 N–H and O–H groups in total. The summed E-state index contributed by atoms with van der Waals surface area (Å²) in [4.78, 5) is 0. The van der Waals surface area contributed by atoms with Crippen molar-refractivity contribution in [3.8, 4) is 0 Å². The predicted octanol–water partition coefficient (Wildman–Crippen LogP) is 6.85. The SMILES string of the molecule is C=CC1=C(/C=C/CC)c2c#cccc2C1(C1=CCC=CC=C1)/C(C)=C/C. The van der Waals surface area contributed by atoms with E-state index in [0.717, 1.165) is 18.4 Å². The normalized spacial score (nSPS) is 22.3. The Morgan fingerprint density at radius 3 is 2.92 bits per heavy atom. The van der Waals surface area contributed by atoms with Crippen molar-refractivity contribution in [1.29, 1.82) is 0 Å². The van der Waals surface area contributed by atoms with E-state index >= 15 is 0 Å². The molecular weight excluding hydrogens is 312 g/mol. The second kappa shape index (κ2) is 7.63. The van der Waals surface area contributed by atoms with Crippen LogP contribution in [0.15, 0.2) is 90.1 Å². The zero-order valence-corrected chi connectivity index (χ0v) is 16.0. The zero-order valence-electron chi connectivity index (χ0n) is 16.0. The van der Waals surface area contributed by atoms with Crippen molar-refractivity contribution < 1.29 is 0 Å². The second-order valence-electron chi connectivity index (χ2n) is 6.64. The minimum atomic E-state index is -0.312. The molecule has 3 rings (SSSR count). The lowest BCUT2D eigenvalue weighted by Gasteiger charge is -2.36. The quantitative estimate of drug-likeness (QED) is 0.515. The van der Waals surface area contributed by atoms with Crippen LogP contribution in [0.3, 0.4) is 0 Å². The molecule has 1 atom stereocenters. The van der Waals surface area contributed by atoms with Gasteiger partial charge in [-0.2, -0.15) is 0 Å². The number of allylic oxidation sites excluding steroid dienone is 13. The van der Waals surface area contributed by atoms with Gasteiger partial charge in [-0.05, 0) is 61.1 Å². The van der Waals surface area contributed by atoms with Crippen LogP contribution in [-0.2, 0) is 5.41 Å². The summed E-state index contributed by atoms with van der Waals surface area (Å²) < 4.78 is 0. The van der Waals surface area contributed by atoms with Crippen LogP contribution in [0.5, 0.6) is 0 Å². The van der Waals surface area contributed by atoms with Crippen LogP contribution >= 0.6 is 0 Å². The van der Waals surface area contributed by atoms with Gasteiger partial charge in [-0.15, -0.1) is 0 Å². The average Bonchev–Trinajstić information content (AvgIpc) is 2.82. The third-order valence-corrected chi connectivity index (χ3v) is 5.35. The molecule has 2 aliphatic rings. The summed E-state index contributed by atoms with van der Waals surface area (Å²) in [5.74, 6) is 0. The summed E-state index contributed by atoms with van der Waals surface area (Å²) in [5, 5.41) is 0. The molecule has 0 saturated carbocycles. The van der Waals surface area contributed by atoms with Crippen molar-refractivity contribution in [1.82, 2.24) is 0 Å². The van der Waals surface area contributed by atoms with Crippen LogP contribution in [0.25, 0.3) is 5.57 Å². The minimum absolute atomic E-state index is 0.312. The molecule has 0 nitrogen and oxygen atoms in total. The third-order valence-electron chi connectivity index (χ3n) is 5.35. The highest BCUT2D eigenvalue weighted by molar-refractivity contribution is 5.91. The molecule has 0 radical (unpaired) electrons. The molecule has 0 heterocycles. The van der Waals surface area contributed by atoms with Crippen molar-refractivity contribution >= 4 is 5.57 Å². The zero-order chi connectivity index (χ0) is 18.6. The highest BCUT2D eigenvalue weighted by Crippen LogP contribution is 2.55. The maximum absolute atomic E-state index is 4.20. The van der Waals surface area contributed by atoms with E-state index in [1.165, 1.54) is 27.9 Å². The Hall–Kier alpha value is -2.78. The first-order valence-corrected chi connectivity index (χ1v) is 9.35. The molecule has 0 saturated heterocycles. The van der Waals surface area contributed by atoms with Gasteiger partial charge in [0.15, 0.2) is 0 Å². The van der Waals surface area contributed by atoms with E-state index in [2.05, 4.69) is 94.2 Å². The Labute approximate surface area is 158 Å². The van der Waals surface area contributed by atoms with Crippen molar-refractivity contribution in [3.05, 3.63) is 113 Å². The first kappa shape index (κ1) is 18.0. The number of rotatable bonds is 5. The van der Waals surface area contributed by atoms with Gasteiger partial charge >= 0.3 is 0 Å². The van der Waals surface area contributed by atoms with E-state index in [0.29, 0.717) is 0 Å². The molecule has 1 aromatic rings. The fourth-order valence-electron chi connectivity index (χ4n) is 4.11. The maximum Gasteiger partial charge on any atom is 0.0674 e.